The maximum absolute atomic E-state index is 13.0. The quantitative estimate of drug-likeness (QED) is 0.0195. The van der Waals surface area contributed by atoms with Crippen LogP contribution in [0.1, 0.15) is 271 Å². The van der Waals surface area contributed by atoms with Crippen molar-refractivity contribution in [2.24, 2.45) is 0 Å². The normalized spacial score (nSPS) is 19.3. The molecule has 1 heterocycles. The van der Waals surface area contributed by atoms with E-state index in [2.05, 4.69) is 43.5 Å². The summed E-state index contributed by atoms with van der Waals surface area (Å²) in [4.78, 5) is 25.1. The number of carbonyl (C=O) groups is 2. The smallest absolute Gasteiger partial charge is 0.305 e. The van der Waals surface area contributed by atoms with Crippen molar-refractivity contribution >= 4 is 11.9 Å². The second-order valence-electron chi connectivity index (χ2n) is 20.7. The molecule has 11 nitrogen and oxygen atoms in total. The van der Waals surface area contributed by atoms with Gasteiger partial charge in [0.2, 0.25) is 5.91 Å². The third-order valence-corrected chi connectivity index (χ3v) is 14.0. The Morgan fingerprint density at radius 3 is 1.42 bits per heavy atom. The van der Waals surface area contributed by atoms with Crippen LogP contribution in [-0.2, 0) is 23.8 Å². The van der Waals surface area contributed by atoms with Crippen molar-refractivity contribution in [3.8, 4) is 0 Å². The van der Waals surface area contributed by atoms with Gasteiger partial charge in [0, 0.05) is 12.8 Å². The van der Waals surface area contributed by atoms with E-state index < -0.39 is 49.5 Å². The number of rotatable bonds is 51. The maximum atomic E-state index is 13.0. The fourth-order valence-electron chi connectivity index (χ4n) is 9.21. The fourth-order valence-corrected chi connectivity index (χ4v) is 9.21. The first-order chi connectivity index (χ1) is 34.7. The molecule has 1 amide bonds. The summed E-state index contributed by atoms with van der Waals surface area (Å²) in [7, 11) is 0. The van der Waals surface area contributed by atoms with Gasteiger partial charge in [-0.25, -0.2) is 0 Å². The van der Waals surface area contributed by atoms with E-state index in [1.54, 1.807) is 6.08 Å². The third kappa shape index (κ3) is 39.9. The van der Waals surface area contributed by atoms with Gasteiger partial charge in [0.1, 0.15) is 24.4 Å². The minimum absolute atomic E-state index is 0.0104. The van der Waals surface area contributed by atoms with Crippen LogP contribution < -0.4 is 5.32 Å². The highest BCUT2D eigenvalue weighted by Gasteiger charge is 2.44. The van der Waals surface area contributed by atoms with Crippen LogP contribution in [0.3, 0.4) is 0 Å². The highest BCUT2D eigenvalue weighted by molar-refractivity contribution is 5.76. The Morgan fingerprint density at radius 2 is 0.915 bits per heavy atom. The Morgan fingerprint density at radius 1 is 0.507 bits per heavy atom. The molecule has 1 aliphatic heterocycles. The van der Waals surface area contributed by atoms with E-state index in [0.717, 1.165) is 89.9 Å². The van der Waals surface area contributed by atoms with Crippen molar-refractivity contribution < 1.29 is 49.3 Å². The number of allylic oxidation sites excluding steroid dienone is 5. The van der Waals surface area contributed by atoms with Crippen LogP contribution in [0.4, 0.5) is 0 Å². The van der Waals surface area contributed by atoms with Crippen LogP contribution in [0.5, 0.6) is 0 Å². The van der Waals surface area contributed by atoms with Crippen LogP contribution in [-0.4, -0.2) is 100 Å². The first-order valence-corrected chi connectivity index (χ1v) is 29.8. The average molecular weight is 1010 g/mol. The van der Waals surface area contributed by atoms with E-state index >= 15 is 0 Å². The van der Waals surface area contributed by atoms with Crippen molar-refractivity contribution in [3.63, 3.8) is 0 Å². The van der Waals surface area contributed by atoms with Gasteiger partial charge in [-0.2, -0.15) is 0 Å². The van der Waals surface area contributed by atoms with Crippen LogP contribution in [0.2, 0.25) is 0 Å². The summed E-state index contributed by atoms with van der Waals surface area (Å²) < 4.78 is 16.7. The Hall–Kier alpha value is -2.12. The van der Waals surface area contributed by atoms with Gasteiger partial charge in [0.25, 0.3) is 0 Å². The first kappa shape index (κ1) is 66.9. The second-order valence-corrected chi connectivity index (χ2v) is 20.7. The number of hydrogen-bond donors (Lipinski definition) is 6. The Labute approximate surface area is 434 Å². The number of amides is 1. The van der Waals surface area contributed by atoms with E-state index in [1.807, 2.05) is 6.08 Å². The van der Waals surface area contributed by atoms with Crippen LogP contribution in [0, 0.1) is 0 Å². The number of carbonyl (C=O) groups excluding carboxylic acids is 2. The van der Waals surface area contributed by atoms with Crippen molar-refractivity contribution in [2.45, 2.75) is 314 Å². The van der Waals surface area contributed by atoms with E-state index in [-0.39, 0.29) is 18.5 Å². The summed E-state index contributed by atoms with van der Waals surface area (Å²) >= 11 is 0. The molecule has 0 aromatic heterocycles. The van der Waals surface area contributed by atoms with Gasteiger partial charge >= 0.3 is 5.97 Å². The van der Waals surface area contributed by atoms with E-state index in [0.29, 0.717) is 19.4 Å². The molecule has 11 heteroatoms. The lowest BCUT2D eigenvalue weighted by atomic mass is 9.99. The molecule has 71 heavy (non-hydrogen) atoms. The predicted molar refractivity (Wildman–Crippen MR) is 292 cm³/mol. The SMILES string of the molecule is CCCCC/C=C/CC/C=C/C(O)C(COC1OC(CO)C(O)C(O)C1O)NC(=O)CCCCCCC/C=C\CCCCCCCCCCCOC(=O)CCCCCCCCCCCCCCCCCC. The summed E-state index contributed by atoms with van der Waals surface area (Å²) in [5.41, 5.74) is 0. The number of aliphatic hydroxyl groups excluding tert-OH is 5. The first-order valence-electron chi connectivity index (χ1n) is 29.8. The number of aliphatic hydroxyl groups is 5. The molecule has 6 N–H and O–H groups in total. The number of unbranched alkanes of at least 4 members (excludes halogenated alkanes) is 33. The van der Waals surface area contributed by atoms with Gasteiger partial charge in [-0.1, -0.05) is 224 Å². The number of hydrogen-bond acceptors (Lipinski definition) is 10. The minimum Gasteiger partial charge on any atom is -0.466 e. The minimum atomic E-state index is -1.58. The standard InChI is InChI=1S/C60H111NO10/c1-3-5-7-9-11-13-14-15-16-22-25-28-32-36-40-44-48-56(65)69-49-45-41-37-33-29-26-23-20-18-17-19-21-24-27-31-35-39-43-47-55(64)61-52(53(63)46-42-38-34-30-12-10-8-6-4-2)51-70-60-59(68)58(67)57(66)54(50-62)71-60/h12,19,21,30,42,46,52-54,57-60,62-63,66-68H,3-11,13-18,20,22-29,31-41,43-45,47-51H2,1-2H3,(H,61,64)/b21-19-,30-12+,46-42+. The largest absolute Gasteiger partial charge is 0.466 e. The zero-order valence-electron chi connectivity index (χ0n) is 45.7. The molecule has 416 valence electrons. The Balaban J connectivity index is 2.03. The van der Waals surface area contributed by atoms with Gasteiger partial charge in [0.05, 0.1) is 32.0 Å². The number of esters is 1. The van der Waals surface area contributed by atoms with Crippen LogP contribution in [0.15, 0.2) is 36.5 Å². The molecule has 7 atom stereocenters. The molecule has 1 saturated heterocycles. The Bertz CT molecular complexity index is 1280. The van der Waals surface area contributed by atoms with Crippen molar-refractivity contribution in [1.29, 1.82) is 0 Å². The molecule has 1 aliphatic rings. The highest BCUT2D eigenvalue weighted by atomic mass is 16.7. The lowest BCUT2D eigenvalue weighted by molar-refractivity contribution is -0.302. The van der Waals surface area contributed by atoms with Gasteiger partial charge in [-0.15, -0.1) is 0 Å². The van der Waals surface area contributed by atoms with Crippen LogP contribution in [0.25, 0.3) is 0 Å². The molecule has 0 bridgehead atoms. The summed E-state index contributed by atoms with van der Waals surface area (Å²) in [6.45, 7) is 4.26. The third-order valence-electron chi connectivity index (χ3n) is 14.0. The molecule has 0 aromatic carbocycles. The molecule has 1 fully saturated rings. The van der Waals surface area contributed by atoms with Gasteiger partial charge in [-0.3, -0.25) is 9.59 Å². The highest BCUT2D eigenvalue weighted by Crippen LogP contribution is 2.23. The number of nitrogens with one attached hydrogen (secondary N) is 1. The molecule has 0 spiro atoms. The average Bonchev–Trinajstić information content (AvgIpc) is 3.37. The van der Waals surface area contributed by atoms with E-state index in [4.69, 9.17) is 14.2 Å². The summed E-state index contributed by atoms with van der Waals surface area (Å²) in [6.07, 6.45) is 51.1. The van der Waals surface area contributed by atoms with Crippen molar-refractivity contribution in [2.75, 3.05) is 19.8 Å². The molecular weight excluding hydrogens is 895 g/mol. The second kappa shape index (κ2) is 50.1. The van der Waals surface area contributed by atoms with Crippen molar-refractivity contribution in [1.82, 2.24) is 5.32 Å². The van der Waals surface area contributed by atoms with E-state index in [1.165, 1.54) is 154 Å². The van der Waals surface area contributed by atoms with Crippen LogP contribution >= 0.6 is 0 Å². The Kier molecular flexibility index (Phi) is 47.2. The van der Waals surface area contributed by atoms with Crippen molar-refractivity contribution in [3.05, 3.63) is 36.5 Å². The summed E-state index contributed by atoms with van der Waals surface area (Å²) in [6, 6.07) is -0.836. The maximum Gasteiger partial charge on any atom is 0.305 e. The predicted octanol–water partition coefficient (Wildman–Crippen LogP) is 13.5. The molecule has 1 rings (SSSR count). The summed E-state index contributed by atoms with van der Waals surface area (Å²) in [5, 5.41) is 54.1. The molecule has 0 radical (unpaired) electrons. The monoisotopic (exact) mass is 1010 g/mol. The van der Waals surface area contributed by atoms with Gasteiger partial charge in [-0.05, 0) is 70.6 Å². The molecule has 7 unspecified atom stereocenters. The van der Waals surface area contributed by atoms with Gasteiger partial charge < -0.3 is 45.1 Å². The molecular formula is C60H111NO10. The molecule has 0 saturated carbocycles. The molecule has 0 aliphatic carbocycles. The zero-order chi connectivity index (χ0) is 51.7. The lowest BCUT2D eigenvalue weighted by Crippen LogP contribution is -2.60. The number of ether oxygens (including phenoxy) is 3. The van der Waals surface area contributed by atoms with Gasteiger partial charge in [0.15, 0.2) is 6.29 Å². The van der Waals surface area contributed by atoms with E-state index in [9.17, 15) is 35.1 Å². The fraction of sp³-hybridized carbons (Fsp3) is 0.867. The summed E-state index contributed by atoms with van der Waals surface area (Å²) in [5.74, 6) is -0.219. The zero-order valence-corrected chi connectivity index (χ0v) is 45.7. The molecule has 0 aromatic rings. The topological polar surface area (TPSA) is 175 Å². The lowest BCUT2D eigenvalue weighted by Gasteiger charge is -2.40.